The van der Waals surface area contributed by atoms with Gasteiger partial charge in [-0.2, -0.15) is 0 Å². The summed E-state index contributed by atoms with van der Waals surface area (Å²) in [5.41, 5.74) is -0.166. The van der Waals surface area contributed by atoms with Crippen LogP contribution < -0.4 is 10.1 Å². The number of nitrogens with one attached hydrogen (secondary N) is 1. The third kappa shape index (κ3) is 4.39. The zero-order valence-electron chi connectivity index (χ0n) is 14.5. The van der Waals surface area contributed by atoms with Crippen molar-refractivity contribution in [3.8, 4) is 5.75 Å². The zero-order chi connectivity index (χ0) is 17.4. The number of ether oxygens (including phenoxy) is 1. The molecule has 0 spiro atoms. The highest BCUT2D eigenvalue weighted by Gasteiger charge is 2.29. The molecule has 2 rings (SSSR count). The van der Waals surface area contributed by atoms with E-state index in [4.69, 9.17) is 16.3 Å². The standard InChI is InChI=1S/C18H24ClNO2S/c1-17(2,3)10-18(4,5)20-16(21)15-14(19)12-9-11(22-6)7-8-13(12)23-15/h7-9H,10H2,1-6H3,(H,20,21). The van der Waals surface area contributed by atoms with Crippen LogP contribution in [0.2, 0.25) is 5.02 Å². The molecule has 0 saturated heterocycles. The maximum Gasteiger partial charge on any atom is 0.263 e. The predicted molar refractivity (Wildman–Crippen MR) is 99.0 cm³/mol. The van der Waals surface area contributed by atoms with Crippen LogP contribution in [0.25, 0.3) is 10.1 Å². The summed E-state index contributed by atoms with van der Waals surface area (Å²) in [7, 11) is 1.62. The molecular weight excluding hydrogens is 330 g/mol. The average molecular weight is 354 g/mol. The smallest absolute Gasteiger partial charge is 0.263 e. The number of halogens is 1. The van der Waals surface area contributed by atoms with Gasteiger partial charge in [-0.05, 0) is 43.9 Å². The van der Waals surface area contributed by atoms with E-state index in [0.29, 0.717) is 9.90 Å². The number of amides is 1. The number of thiophene rings is 1. The topological polar surface area (TPSA) is 38.3 Å². The number of benzene rings is 1. The molecule has 0 radical (unpaired) electrons. The van der Waals surface area contributed by atoms with Crippen LogP contribution in [0.1, 0.15) is 50.7 Å². The Bertz CT molecular complexity index is 728. The number of carbonyl (C=O) groups is 1. The number of fused-ring (bicyclic) bond motifs is 1. The lowest BCUT2D eigenvalue weighted by molar-refractivity contribution is 0.0896. The Morgan fingerprint density at radius 1 is 1.26 bits per heavy atom. The van der Waals surface area contributed by atoms with Crippen LogP contribution in [0, 0.1) is 5.41 Å². The van der Waals surface area contributed by atoms with Crippen molar-refractivity contribution in [3.05, 3.63) is 28.1 Å². The molecule has 3 nitrogen and oxygen atoms in total. The van der Waals surface area contributed by atoms with E-state index in [-0.39, 0.29) is 16.9 Å². The van der Waals surface area contributed by atoms with Gasteiger partial charge in [0.2, 0.25) is 0 Å². The summed E-state index contributed by atoms with van der Waals surface area (Å²) < 4.78 is 6.21. The van der Waals surface area contributed by atoms with Gasteiger partial charge in [-0.1, -0.05) is 32.4 Å². The van der Waals surface area contributed by atoms with E-state index in [2.05, 4.69) is 26.1 Å². The van der Waals surface area contributed by atoms with Gasteiger partial charge in [0.25, 0.3) is 5.91 Å². The Morgan fingerprint density at radius 3 is 2.48 bits per heavy atom. The summed E-state index contributed by atoms with van der Waals surface area (Å²) >= 11 is 7.85. The minimum absolute atomic E-state index is 0.121. The Labute approximate surface area is 147 Å². The van der Waals surface area contributed by atoms with E-state index in [1.165, 1.54) is 11.3 Å². The molecule has 2 aromatic rings. The maximum atomic E-state index is 12.7. The molecule has 1 N–H and O–H groups in total. The number of methoxy groups -OCH3 is 1. The first-order chi connectivity index (χ1) is 10.5. The molecule has 0 unspecified atom stereocenters. The van der Waals surface area contributed by atoms with Gasteiger partial charge < -0.3 is 10.1 Å². The minimum atomic E-state index is -0.299. The Kier molecular flexibility index (Phi) is 4.97. The highest BCUT2D eigenvalue weighted by molar-refractivity contribution is 7.21. The van der Waals surface area contributed by atoms with Gasteiger partial charge in [0, 0.05) is 15.6 Å². The molecule has 23 heavy (non-hydrogen) atoms. The minimum Gasteiger partial charge on any atom is -0.497 e. The molecule has 126 valence electrons. The maximum absolute atomic E-state index is 12.7. The molecule has 0 saturated carbocycles. The molecule has 0 aliphatic carbocycles. The summed E-state index contributed by atoms with van der Waals surface area (Å²) in [6.07, 6.45) is 0.877. The van der Waals surface area contributed by atoms with Crippen molar-refractivity contribution >= 4 is 38.9 Å². The number of carbonyl (C=O) groups excluding carboxylic acids is 1. The van der Waals surface area contributed by atoms with Crippen molar-refractivity contribution in [2.24, 2.45) is 5.41 Å². The molecule has 1 heterocycles. The lowest BCUT2D eigenvalue weighted by atomic mass is 9.82. The first-order valence-corrected chi connectivity index (χ1v) is 8.80. The molecule has 0 fully saturated rings. The molecule has 0 aliphatic rings. The Balaban J connectivity index is 2.29. The van der Waals surface area contributed by atoms with Crippen molar-refractivity contribution in [3.63, 3.8) is 0 Å². The monoisotopic (exact) mass is 353 g/mol. The molecule has 0 atom stereocenters. The molecule has 0 aliphatic heterocycles. The first-order valence-electron chi connectivity index (χ1n) is 7.61. The fourth-order valence-electron chi connectivity index (χ4n) is 3.05. The molecule has 5 heteroatoms. The van der Waals surface area contributed by atoms with Crippen LogP contribution in [-0.4, -0.2) is 18.6 Å². The van der Waals surface area contributed by atoms with Gasteiger partial charge in [0.05, 0.1) is 12.1 Å². The van der Waals surface area contributed by atoms with Crippen molar-refractivity contribution in [2.45, 2.75) is 46.6 Å². The van der Waals surface area contributed by atoms with Crippen molar-refractivity contribution in [1.29, 1.82) is 0 Å². The largest absolute Gasteiger partial charge is 0.497 e. The zero-order valence-corrected chi connectivity index (χ0v) is 16.1. The third-order valence-electron chi connectivity index (χ3n) is 3.46. The van der Waals surface area contributed by atoms with Crippen LogP contribution in [-0.2, 0) is 0 Å². The summed E-state index contributed by atoms with van der Waals surface area (Å²) in [5, 5.41) is 4.47. The average Bonchev–Trinajstić information content (AvgIpc) is 2.72. The van der Waals surface area contributed by atoms with Crippen LogP contribution in [0.15, 0.2) is 18.2 Å². The van der Waals surface area contributed by atoms with E-state index in [9.17, 15) is 4.79 Å². The summed E-state index contributed by atoms with van der Waals surface area (Å²) in [5.74, 6) is 0.613. The first kappa shape index (κ1) is 18.1. The van der Waals surface area contributed by atoms with Crippen LogP contribution in [0.4, 0.5) is 0 Å². The normalized spacial score (nSPS) is 12.5. The Morgan fingerprint density at radius 2 is 1.91 bits per heavy atom. The van der Waals surface area contributed by atoms with Gasteiger partial charge in [-0.3, -0.25) is 4.79 Å². The van der Waals surface area contributed by atoms with Gasteiger partial charge >= 0.3 is 0 Å². The van der Waals surface area contributed by atoms with Gasteiger partial charge in [0.1, 0.15) is 10.6 Å². The van der Waals surface area contributed by atoms with Gasteiger partial charge in [-0.15, -0.1) is 11.3 Å². The van der Waals surface area contributed by atoms with E-state index >= 15 is 0 Å². The predicted octanol–water partition coefficient (Wildman–Crippen LogP) is 5.51. The molecule has 1 amide bonds. The van der Waals surface area contributed by atoms with E-state index in [1.807, 2.05) is 32.0 Å². The Hall–Kier alpha value is -1.26. The summed E-state index contributed by atoms with van der Waals surface area (Å²) in [6, 6.07) is 5.67. The van der Waals surface area contributed by atoms with E-state index in [0.717, 1.165) is 22.3 Å². The summed E-state index contributed by atoms with van der Waals surface area (Å²) in [4.78, 5) is 13.2. The fraction of sp³-hybridized carbons (Fsp3) is 0.500. The second-order valence-corrected chi connectivity index (χ2v) is 9.11. The SMILES string of the molecule is COc1ccc2sc(C(=O)NC(C)(C)CC(C)(C)C)c(Cl)c2c1. The number of rotatable bonds is 4. The molecule has 0 bridgehead atoms. The van der Waals surface area contributed by atoms with Crippen molar-refractivity contribution in [1.82, 2.24) is 5.32 Å². The van der Waals surface area contributed by atoms with E-state index < -0.39 is 0 Å². The quantitative estimate of drug-likeness (QED) is 0.787. The number of hydrogen-bond acceptors (Lipinski definition) is 3. The lowest BCUT2D eigenvalue weighted by Gasteiger charge is -2.33. The fourth-order valence-corrected chi connectivity index (χ4v) is 4.44. The van der Waals surface area contributed by atoms with Crippen LogP contribution in [0.3, 0.4) is 0 Å². The highest BCUT2D eigenvalue weighted by Crippen LogP contribution is 2.37. The second-order valence-electron chi connectivity index (χ2n) is 7.68. The second kappa shape index (κ2) is 6.33. The van der Waals surface area contributed by atoms with Gasteiger partial charge in [0.15, 0.2) is 0 Å². The number of hydrogen-bond donors (Lipinski definition) is 1. The molecular formula is C18H24ClNO2S. The summed E-state index contributed by atoms with van der Waals surface area (Å²) in [6.45, 7) is 10.6. The molecule has 1 aromatic heterocycles. The lowest BCUT2D eigenvalue weighted by Crippen LogP contribution is -2.45. The third-order valence-corrected chi connectivity index (χ3v) is 5.14. The van der Waals surface area contributed by atoms with Crippen molar-refractivity contribution < 1.29 is 9.53 Å². The van der Waals surface area contributed by atoms with Crippen LogP contribution in [0.5, 0.6) is 5.75 Å². The van der Waals surface area contributed by atoms with E-state index in [1.54, 1.807) is 7.11 Å². The van der Waals surface area contributed by atoms with Gasteiger partial charge in [-0.25, -0.2) is 0 Å². The van der Waals surface area contributed by atoms with Crippen molar-refractivity contribution in [2.75, 3.05) is 7.11 Å². The highest BCUT2D eigenvalue weighted by atomic mass is 35.5. The molecule has 1 aromatic carbocycles. The van der Waals surface area contributed by atoms with Crippen LogP contribution >= 0.6 is 22.9 Å².